The van der Waals surface area contributed by atoms with Gasteiger partial charge in [-0.2, -0.15) is 0 Å². The summed E-state index contributed by atoms with van der Waals surface area (Å²) in [5.74, 6) is -0.139. The Labute approximate surface area is 124 Å². The first-order chi connectivity index (χ1) is 9.96. The molecule has 0 aromatic carbocycles. The Bertz CT molecular complexity index is 289. The smallest absolute Gasteiger partial charge is 0.163 e. The average Bonchev–Trinajstić information content (AvgIpc) is 2.79. The molecule has 1 saturated heterocycles. The van der Waals surface area contributed by atoms with Crippen molar-refractivity contribution < 1.29 is 39.4 Å². The van der Waals surface area contributed by atoms with Crippen molar-refractivity contribution in [3.05, 3.63) is 0 Å². The van der Waals surface area contributed by atoms with E-state index in [0.29, 0.717) is 0 Å². The summed E-state index contributed by atoms with van der Waals surface area (Å²) in [6.45, 7) is 1.34. The molecule has 0 amide bonds. The summed E-state index contributed by atoms with van der Waals surface area (Å²) in [7, 11) is 2.90. The topological polar surface area (TPSA) is 118 Å². The predicted octanol–water partition coefficient (Wildman–Crippen LogP) is -1.90. The van der Waals surface area contributed by atoms with Crippen molar-refractivity contribution in [1.82, 2.24) is 0 Å². The number of hydrogen-bond acceptors (Lipinski definition) is 8. The number of ether oxygens (including phenoxy) is 4. The second-order valence-corrected chi connectivity index (χ2v) is 5.20. The van der Waals surface area contributed by atoms with Crippen molar-refractivity contribution in [2.75, 3.05) is 34.0 Å². The second-order valence-electron chi connectivity index (χ2n) is 5.20. The minimum Gasteiger partial charge on any atom is -0.394 e. The van der Waals surface area contributed by atoms with Gasteiger partial charge in [0, 0.05) is 20.1 Å². The second kappa shape index (κ2) is 8.96. The Morgan fingerprint density at radius 2 is 1.71 bits per heavy atom. The van der Waals surface area contributed by atoms with Crippen LogP contribution in [-0.2, 0) is 18.9 Å². The number of aliphatic hydroxyl groups is 4. The van der Waals surface area contributed by atoms with Gasteiger partial charge in [-0.05, 0) is 0 Å². The average molecular weight is 310 g/mol. The molecule has 1 heterocycles. The standard InChI is InChI=1S/C13H26O8/c1-7-12(19-3)10(4-14)21-13(7)20-6-9(16)11(17)8(15)5-18-2/h7-17H,4-6H2,1-3H3/t7-,8?,9?,10+,11?,12?,13+/m0/s1. The van der Waals surface area contributed by atoms with Crippen LogP contribution in [0.4, 0.5) is 0 Å². The van der Waals surface area contributed by atoms with E-state index in [0.717, 1.165) is 0 Å². The third kappa shape index (κ3) is 4.83. The van der Waals surface area contributed by atoms with Crippen LogP contribution in [0.2, 0.25) is 0 Å². The number of rotatable bonds is 9. The zero-order valence-electron chi connectivity index (χ0n) is 12.6. The van der Waals surface area contributed by atoms with Crippen LogP contribution >= 0.6 is 0 Å². The van der Waals surface area contributed by atoms with Crippen molar-refractivity contribution in [2.45, 2.75) is 43.7 Å². The van der Waals surface area contributed by atoms with Gasteiger partial charge in [0.25, 0.3) is 0 Å². The number of aliphatic hydroxyl groups excluding tert-OH is 4. The van der Waals surface area contributed by atoms with Gasteiger partial charge in [-0.15, -0.1) is 0 Å². The maximum Gasteiger partial charge on any atom is 0.163 e. The maximum absolute atomic E-state index is 9.78. The third-order valence-corrected chi connectivity index (χ3v) is 3.63. The Hall–Kier alpha value is -0.320. The fourth-order valence-corrected chi connectivity index (χ4v) is 2.39. The van der Waals surface area contributed by atoms with Crippen molar-refractivity contribution in [1.29, 1.82) is 0 Å². The van der Waals surface area contributed by atoms with Crippen LogP contribution in [0.1, 0.15) is 6.92 Å². The summed E-state index contributed by atoms with van der Waals surface area (Å²) >= 11 is 0. The Balaban J connectivity index is 2.44. The predicted molar refractivity (Wildman–Crippen MR) is 71.6 cm³/mol. The molecular formula is C13H26O8. The summed E-state index contributed by atoms with van der Waals surface area (Å²) < 4.78 is 20.8. The molecule has 126 valence electrons. The fourth-order valence-electron chi connectivity index (χ4n) is 2.39. The highest BCUT2D eigenvalue weighted by atomic mass is 16.7. The highest BCUT2D eigenvalue weighted by Gasteiger charge is 2.43. The Kier molecular flexibility index (Phi) is 7.99. The van der Waals surface area contributed by atoms with Gasteiger partial charge in [0.2, 0.25) is 0 Å². The molecule has 0 radical (unpaired) electrons. The van der Waals surface area contributed by atoms with Gasteiger partial charge in [-0.25, -0.2) is 0 Å². The molecule has 0 aliphatic carbocycles. The van der Waals surface area contributed by atoms with Gasteiger partial charge in [0.05, 0.1) is 25.9 Å². The molecule has 0 aromatic rings. The lowest BCUT2D eigenvalue weighted by Crippen LogP contribution is -2.43. The van der Waals surface area contributed by atoms with Crippen LogP contribution in [0.25, 0.3) is 0 Å². The fraction of sp³-hybridized carbons (Fsp3) is 1.00. The normalized spacial score (nSPS) is 33.9. The Morgan fingerprint density at radius 3 is 2.19 bits per heavy atom. The Morgan fingerprint density at radius 1 is 1.10 bits per heavy atom. The summed E-state index contributed by atoms with van der Waals surface area (Å²) in [6, 6.07) is 0. The molecule has 8 heteroatoms. The highest BCUT2D eigenvalue weighted by molar-refractivity contribution is 4.85. The van der Waals surface area contributed by atoms with E-state index < -0.39 is 30.7 Å². The van der Waals surface area contributed by atoms with E-state index in [2.05, 4.69) is 0 Å². The van der Waals surface area contributed by atoms with Gasteiger partial charge in [-0.1, -0.05) is 6.92 Å². The molecule has 1 rings (SSSR count). The third-order valence-electron chi connectivity index (χ3n) is 3.63. The van der Waals surface area contributed by atoms with E-state index in [1.165, 1.54) is 14.2 Å². The molecule has 21 heavy (non-hydrogen) atoms. The summed E-state index contributed by atoms with van der Waals surface area (Å²) in [5.41, 5.74) is 0. The molecule has 0 aromatic heterocycles. The van der Waals surface area contributed by atoms with Crippen LogP contribution in [0.5, 0.6) is 0 Å². The number of methoxy groups -OCH3 is 2. The lowest BCUT2D eigenvalue weighted by molar-refractivity contribution is -0.183. The molecule has 0 saturated carbocycles. The molecule has 1 aliphatic rings. The SMILES string of the molecule is COCC(O)C(O)C(O)CO[C@@H]1O[C@H](CO)C(OC)[C@@H]1C. The first kappa shape index (κ1) is 18.7. The summed E-state index contributed by atoms with van der Waals surface area (Å²) in [5, 5.41) is 38.2. The molecule has 1 aliphatic heterocycles. The first-order valence-electron chi connectivity index (χ1n) is 6.90. The molecule has 0 bridgehead atoms. The molecule has 0 spiro atoms. The van der Waals surface area contributed by atoms with Crippen LogP contribution < -0.4 is 0 Å². The molecule has 7 atom stereocenters. The molecular weight excluding hydrogens is 284 g/mol. The van der Waals surface area contributed by atoms with Crippen molar-refractivity contribution >= 4 is 0 Å². The van der Waals surface area contributed by atoms with Gasteiger partial charge in [0.15, 0.2) is 6.29 Å². The lowest BCUT2D eigenvalue weighted by Gasteiger charge is -2.24. The van der Waals surface area contributed by atoms with Crippen LogP contribution in [-0.4, -0.2) is 91.3 Å². The number of hydrogen-bond donors (Lipinski definition) is 4. The monoisotopic (exact) mass is 310 g/mol. The van der Waals surface area contributed by atoms with E-state index in [1.807, 2.05) is 6.92 Å². The van der Waals surface area contributed by atoms with Gasteiger partial charge in [-0.3, -0.25) is 0 Å². The molecule has 1 fully saturated rings. The van der Waals surface area contributed by atoms with E-state index in [9.17, 15) is 20.4 Å². The van der Waals surface area contributed by atoms with E-state index in [1.54, 1.807) is 0 Å². The largest absolute Gasteiger partial charge is 0.394 e. The lowest BCUT2D eigenvalue weighted by atomic mass is 10.0. The van der Waals surface area contributed by atoms with Crippen LogP contribution in [0.3, 0.4) is 0 Å². The summed E-state index contributed by atoms with van der Waals surface area (Å²) in [6.07, 6.45) is -5.31. The van der Waals surface area contributed by atoms with Crippen LogP contribution in [0.15, 0.2) is 0 Å². The zero-order chi connectivity index (χ0) is 16.0. The highest BCUT2D eigenvalue weighted by Crippen LogP contribution is 2.29. The van der Waals surface area contributed by atoms with E-state index >= 15 is 0 Å². The van der Waals surface area contributed by atoms with E-state index in [4.69, 9.17) is 18.9 Å². The minimum atomic E-state index is -1.38. The summed E-state index contributed by atoms with van der Waals surface area (Å²) in [4.78, 5) is 0. The van der Waals surface area contributed by atoms with Crippen LogP contribution in [0, 0.1) is 5.92 Å². The van der Waals surface area contributed by atoms with Crippen molar-refractivity contribution in [3.8, 4) is 0 Å². The zero-order valence-corrected chi connectivity index (χ0v) is 12.6. The molecule has 4 unspecified atom stereocenters. The quantitative estimate of drug-likeness (QED) is 0.390. The maximum atomic E-state index is 9.78. The van der Waals surface area contributed by atoms with Crippen molar-refractivity contribution in [3.63, 3.8) is 0 Å². The molecule has 4 N–H and O–H groups in total. The minimum absolute atomic E-state index is 0.0904. The molecule has 8 nitrogen and oxygen atoms in total. The van der Waals surface area contributed by atoms with Gasteiger partial charge < -0.3 is 39.4 Å². The van der Waals surface area contributed by atoms with E-state index in [-0.39, 0.29) is 31.8 Å². The van der Waals surface area contributed by atoms with Crippen molar-refractivity contribution in [2.24, 2.45) is 5.92 Å². The van der Waals surface area contributed by atoms with Gasteiger partial charge >= 0.3 is 0 Å². The van der Waals surface area contributed by atoms with Gasteiger partial charge in [0.1, 0.15) is 24.4 Å². The first-order valence-corrected chi connectivity index (χ1v) is 6.90.